The van der Waals surface area contributed by atoms with E-state index in [4.69, 9.17) is 4.74 Å². The van der Waals surface area contributed by atoms with Crippen molar-refractivity contribution in [2.45, 2.75) is 19.8 Å². The molecule has 0 aliphatic carbocycles. The molecule has 0 fully saturated rings. The van der Waals surface area contributed by atoms with E-state index in [1.807, 2.05) is 6.07 Å². The maximum Gasteiger partial charge on any atom is 0.124 e. The van der Waals surface area contributed by atoms with Crippen LogP contribution in [0.2, 0.25) is 0 Å². The molecule has 1 aliphatic rings. The van der Waals surface area contributed by atoms with Crippen molar-refractivity contribution < 1.29 is 4.74 Å². The predicted octanol–water partition coefficient (Wildman–Crippen LogP) is 3.74. The number of hydrogen-bond donors (Lipinski definition) is 1. The minimum atomic E-state index is 0.841. The second-order valence-electron chi connectivity index (χ2n) is 4.82. The van der Waals surface area contributed by atoms with Gasteiger partial charge in [-0.3, -0.25) is 0 Å². The Bertz CT molecular complexity index is 554. The largest absolute Gasteiger partial charge is 0.493 e. The lowest BCUT2D eigenvalue weighted by Gasteiger charge is -2.25. The van der Waals surface area contributed by atoms with E-state index in [1.54, 1.807) is 0 Å². The number of nitrogens with zero attached hydrogens (tertiary/aromatic N) is 1. The molecule has 0 unspecified atom stereocenters. The van der Waals surface area contributed by atoms with Crippen LogP contribution in [0.15, 0.2) is 48.5 Å². The van der Waals surface area contributed by atoms with E-state index < -0.39 is 0 Å². The summed E-state index contributed by atoms with van der Waals surface area (Å²) in [5.41, 5.74) is 8.26. The molecule has 1 aliphatic heterocycles. The van der Waals surface area contributed by atoms with E-state index in [-0.39, 0.29) is 0 Å². The van der Waals surface area contributed by atoms with Crippen LogP contribution in [0, 0.1) is 0 Å². The normalized spacial score (nSPS) is 12.5. The van der Waals surface area contributed by atoms with Crippen LogP contribution in [0.4, 0.5) is 11.4 Å². The highest BCUT2D eigenvalue weighted by atomic mass is 16.5. The minimum Gasteiger partial charge on any atom is -0.493 e. The predicted molar refractivity (Wildman–Crippen MR) is 89.5 cm³/mol. The molecule has 21 heavy (non-hydrogen) atoms. The summed E-state index contributed by atoms with van der Waals surface area (Å²) in [4.78, 5) is 2.30. The van der Waals surface area contributed by atoms with Crippen molar-refractivity contribution in [2.75, 3.05) is 25.1 Å². The fourth-order valence-corrected chi connectivity index (χ4v) is 2.62. The van der Waals surface area contributed by atoms with Gasteiger partial charge in [0.2, 0.25) is 0 Å². The second kappa shape index (κ2) is 7.70. The molecular formula is C18H24N2O. The van der Waals surface area contributed by atoms with Crippen LogP contribution in [-0.4, -0.2) is 20.2 Å². The van der Waals surface area contributed by atoms with Crippen LogP contribution in [0.3, 0.4) is 0 Å². The molecule has 0 saturated heterocycles. The zero-order valence-electron chi connectivity index (χ0n) is 12.9. The molecule has 1 heterocycles. The lowest BCUT2D eigenvalue weighted by molar-refractivity contribution is 0.288. The van der Waals surface area contributed by atoms with Crippen molar-refractivity contribution >= 4 is 11.4 Å². The van der Waals surface area contributed by atoms with Gasteiger partial charge in [0.15, 0.2) is 0 Å². The fourth-order valence-electron chi connectivity index (χ4n) is 2.62. The highest BCUT2D eigenvalue weighted by molar-refractivity contribution is 5.65. The Morgan fingerprint density at radius 3 is 2.52 bits per heavy atom. The molecule has 3 nitrogen and oxygen atoms in total. The summed E-state index contributed by atoms with van der Waals surface area (Å²) in [5.74, 6) is 1.05. The monoisotopic (exact) mass is 284 g/mol. The molecule has 3 rings (SSSR count). The molecular weight excluding hydrogens is 260 g/mol. The molecule has 0 atom stereocenters. The minimum absolute atomic E-state index is 0.841. The molecule has 0 radical (unpaired) electrons. The first kappa shape index (κ1) is 15.4. The number of hydrogen-bond acceptors (Lipinski definition) is 3. The van der Waals surface area contributed by atoms with Gasteiger partial charge < -0.3 is 15.4 Å². The van der Waals surface area contributed by atoms with E-state index in [1.165, 1.54) is 24.0 Å². The average Bonchev–Trinajstić information content (AvgIpc) is 2.58. The van der Waals surface area contributed by atoms with E-state index in [2.05, 4.69) is 60.0 Å². The Hall–Kier alpha value is -2.00. The van der Waals surface area contributed by atoms with Crippen LogP contribution in [0.5, 0.6) is 5.75 Å². The SMILES string of the molecule is CCN(c1ccccc1)c1ccc2c(c1)OCCC2.CN. The second-order valence-corrected chi connectivity index (χ2v) is 4.82. The number of aryl methyl sites for hydroxylation is 1. The maximum absolute atomic E-state index is 5.77. The number of ether oxygens (including phenoxy) is 1. The van der Waals surface area contributed by atoms with E-state index in [0.717, 1.165) is 31.7 Å². The third-order valence-electron chi connectivity index (χ3n) is 3.59. The summed E-state index contributed by atoms with van der Waals surface area (Å²) in [5, 5.41) is 0. The number of nitrogens with two attached hydrogens (primary N) is 1. The zero-order valence-corrected chi connectivity index (χ0v) is 12.9. The number of para-hydroxylation sites is 1. The molecule has 2 aromatic rings. The third kappa shape index (κ3) is 3.56. The van der Waals surface area contributed by atoms with Gasteiger partial charge in [0, 0.05) is 24.0 Å². The molecule has 112 valence electrons. The molecule has 3 heteroatoms. The van der Waals surface area contributed by atoms with Crippen molar-refractivity contribution in [3.05, 3.63) is 54.1 Å². The Morgan fingerprint density at radius 2 is 1.81 bits per heavy atom. The molecule has 0 amide bonds. The Balaban J connectivity index is 0.000000774. The molecule has 2 N–H and O–H groups in total. The number of rotatable bonds is 3. The van der Waals surface area contributed by atoms with Crippen molar-refractivity contribution in [3.8, 4) is 5.75 Å². The van der Waals surface area contributed by atoms with Crippen LogP contribution in [-0.2, 0) is 6.42 Å². The summed E-state index contributed by atoms with van der Waals surface area (Å²) >= 11 is 0. The first-order chi connectivity index (χ1) is 10.4. The van der Waals surface area contributed by atoms with Crippen LogP contribution >= 0.6 is 0 Å². The van der Waals surface area contributed by atoms with Crippen molar-refractivity contribution in [3.63, 3.8) is 0 Å². The molecule has 0 spiro atoms. The van der Waals surface area contributed by atoms with E-state index in [9.17, 15) is 0 Å². The van der Waals surface area contributed by atoms with Crippen molar-refractivity contribution in [1.82, 2.24) is 0 Å². The summed E-state index contributed by atoms with van der Waals surface area (Å²) < 4.78 is 5.77. The number of anilines is 2. The smallest absolute Gasteiger partial charge is 0.124 e. The lowest BCUT2D eigenvalue weighted by Crippen LogP contribution is -2.17. The Morgan fingerprint density at radius 1 is 1.05 bits per heavy atom. The van der Waals surface area contributed by atoms with E-state index >= 15 is 0 Å². The number of benzene rings is 2. The van der Waals surface area contributed by atoms with Crippen LogP contribution in [0.25, 0.3) is 0 Å². The fraction of sp³-hybridized carbons (Fsp3) is 0.333. The van der Waals surface area contributed by atoms with Gasteiger partial charge in [-0.25, -0.2) is 0 Å². The van der Waals surface area contributed by atoms with Crippen LogP contribution < -0.4 is 15.4 Å². The van der Waals surface area contributed by atoms with Gasteiger partial charge in [-0.15, -0.1) is 0 Å². The van der Waals surface area contributed by atoms with E-state index in [0.29, 0.717) is 0 Å². The Kier molecular flexibility index (Phi) is 5.64. The molecule has 0 saturated carbocycles. The third-order valence-corrected chi connectivity index (χ3v) is 3.59. The summed E-state index contributed by atoms with van der Waals surface area (Å²) in [6, 6.07) is 17.1. The molecule has 2 aromatic carbocycles. The highest BCUT2D eigenvalue weighted by Crippen LogP contribution is 2.32. The van der Waals surface area contributed by atoms with Gasteiger partial charge >= 0.3 is 0 Å². The zero-order chi connectivity index (χ0) is 15.1. The first-order valence-corrected chi connectivity index (χ1v) is 7.54. The van der Waals surface area contributed by atoms with Gasteiger partial charge in [0.25, 0.3) is 0 Å². The van der Waals surface area contributed by atoms with Gasteiger partial charge in [-0.05, 0) is 50.6 Å². The first-order valence-electron chi connectivity index (χ1n) is 7.54. The standard InChI is InChI=1S/C17H19NO.CH5N/c1-2-18(15-8-4-3-5-9-15)16-11-10-14-7-6-12-19-17(14)13-16;1-2/h3-5,8-11,13H,2,6-7,12H2,1H3;2H2,1H3. The summed E-state index contributed by atoms with van der Waals surface area (Å²) in [6.07, 6.45) is 2.26. The van der Waals surface area contributed by atoms with Crippen LogP contribution in [0.1, 0.15) is 18.9 Å². The maximum atomic E-state index is 5.77. The average molecular weight is 284 g/mol. The van der Waals surface area contributed by atoms with Gasteiger partial charge in [0.05, 0.1) is 6.61 Å². The van der Waals surface area contributed by atoms with Gasteiger partial charge in [-0.2, -0.15) is 0 Å². The van der Waals surface area contributed by atoms with Gasteiger partial charge in [-0.1, -0.05) is 24.3 Å². The quantitative estimate of drug-likeness (QED) is 0.933. The number of fused-ring (bicyclic) bond motifs is 1. The Labute approximate surface area is 127 Å². The topological polar surface area (TPSA) is 38.5 Å². The summed E-state index contributed by atoms with van der Waals surface area (Å²) in [6.45, 7) is 3.96. The van der Waals surface area contributed by atoms with Gasteiger partial charge in [0.1, 0.15) is 5.75 Å². The van der Waals surface area contributed by atoms with Crippen molar-refractivity contribution in [1.29, 1.82) is 0 Å². The highest BCUT2D eigenvalue weighted by Gasteiger charge is 2.13. The molecule has 0 aromatic heterocycles. The lowest BCUT2D eigenvalue weighted by atomic mass is 10.1. The molecule has 0 bridgehead atoms. The summed E-state index contributed by atoms with van der Waals surface area (Å²) in [7, 11) is 1.50. The van der Waals surface area contributed by atoms with Crippen molar-refractivity contribution in [2.24, 2.45) is 5.73 Å².